The maximum atomic E-state index is 11.4. The molecule has 1 aliphatic carbocycles. The van der Waals surface area contributed by atoms with Crippen LogP contribution < -0.4 is 0 Å². The molecular formula is C14H22O2. The Balaban J connectivity index is 2.16. The van der Waals surface area contributed by atoms with Gasteiger partial charge in [-0.2, -0.15) is 0 Å². The molecule has 0 radical (unpaired) electrons. The molecule has 2 heteroatoms. The van der Waals surface area contributed by atoms with E-state index in [0.717, 1.165) is 6.42 Å². The number of ether oxygens (including phenoxy) is 1. The number of allylic oxidation sites excluding steroid dienone is 1. The zero-order valence-corrected chi connectivity index (χ0v) is 10.7. The van der Waals surface area contributed by atoms with Gasteiger partial charge in [0.15, 0.2) is 5.78 Å². The fourth-order valence-corrected chi connectivity index (χ4v) is 3.10. The smallest absolute Gasteiger partial charge is 0.155 e. The molecule has 2 aliphatic rings. The molecule has 2 rings (SSSR count). The van der Waals surface area contributed by atoms with Gasteiger partial charge < -0.3 is 4.74 Å². The Morgan fingerprint density at radius 1 is 1.44 bits per heavy atom. The number of hydrogen-bond donors (Lipinski definition) is 0. The SMILES string of the molecule is CCC(=O)/C=C/[C@@H]1C(C)(C)CC[C@@H]2O[C@@]21C. The van der Waals surface area contributed by atoms with Gasteiger partial charge in [-0.25, -0.2) is 0 Å². The Morgan fingerprint density at radius 2 is 2.12 bits per heavy atom. The van der Waals surface area contributed by atoms with Crippen LogP contribution in [0, 0.1) is 11.3 Å². The standard InChI is InChI=1S/C14H22O2/c1-5-10(15)6-7-11-13(2,3)9-8-12-14(11,4)16-12/h6-7,11-12H,5,8-9H2,1-4H3/b7-6+/t11-,12+,14-/m1/s1. The molecule has 1 heterocycles. The maximum Gasteiger partial charge on any atom is 0.155 e. The van der Waals surface area contributed by atoms with E-state index in [1.807, 2.05) is 6.92 Å². The van der Waals surface area contributed by atoms with Gasteiger partial charge in [0, 0.05) is 12.3 Å². The van der Waals surface area contributed by atoms with Crippen molar-refractivity contribution < 1.29 is 9.53 Å². The van der Waals surface area contributed by atoms with Gasteiger partial charge >= 0.3 is 0 Å². The van der Waals surface area contributed by atoms with Crippen LogP contribution >= 0.6 is 0 Å². The van der Waals surface area contributed by atoms with Crippen LogP contribution in [0.15, 0.2) is 12.2 Å². The monoisotopic (exact) mass is 222 g/mol. The topological polar surface area (TPSA) is 29.6 Å². The van der Waals surface area contributed by atoms with Crippen LogP contribution in [-0.2, 0) is 9.53 Å². The predicted octanol–water partition coefficient (Wildman–Crippen LogP) is 3.12. The highest BCUT2D eigenvalue weighted by Gasteiger charge is 2.63. The molecule has 0 aromatic heterocycles. The number of rotatable bonds is 3. The minimum Gasteiger partial charge on any atom is -0.366 e. The van der Waals surface area contributed by atoms with Crippen LogP contribution in [0.3, 0.4) is 0 Å². The number of carbonyl (C=O) groups excluding carboxylic acids is 1. The highest BCUT2D eigenvalue weighted by atomic mass is 16.6. The van der Waals surface area contributed by atoms with Crippen LogP contribution in [0.1, 0.15) is 47.0 Å². The molecule has 0 aromatic rings. The molecule has 0 aromatic carbocycles. The molecule has 0 unspecified atom stereocenters. The molecule has 90 valence electrons. The van der Waals surface area contributed by atoms with E-state index < -0.39 is 0 Å². The first-order valence-corrected chi connectivity index (χ1v) is 6.29. The molecule has 0 N–H and O–H groups in total. The van der Waals surface area contributed by atoms with Gasteiger partial charge in [-0.1, -0.05) is 26.8 Å². The summed E-state index contributed by atoms with van der Waals surface area (Å²) in [6.45, 7) is 8.64. The minimum absolute atomic E-state index is 0.00767. The molecule has 0 amide bonds. The summed E-state index contributed by atoms with van der Waals surface area (Å²) in [6, 6.07) is 0. The van der Waals surface area contributed by atoms with E-state index in [1.54, 1.807) is 6.08 Å². The van der Waals surface area contributed by atoms with Crippen molar-refractivity contribution in [2.75, 3.05) is 0 Å². The summed E-state index contributed by atoms with van der Waals surface area (Å²) >= 11 is 0. The lowest BCUT2D eigenvalue weighted by Crippen LogP contribution is -2.39. The molecule has 1 saturated heterocycles. The Bertz CT molecular complexity index is 325. The summed E-state index contributed by atoms with van der Waals surface area (Å²) in [6.07, 6.45) is 7.20. The molecular weight excluding hydrogens is 200 g/mol. The fraction of sp³-hybridized carbons (Fsp3) is 0.786. The molecule has 1 saturated carbocycles. The van der Waals surface area contributed by atoms with Gasteiger partial charge in [-0.15, -0.1) is 0 Å². The summed E-state index contributed by atoms with van der Waals surface area (Å²) in [7, 11) is 0. The first kappa shape index (κ1) is 11.8. The van der Waals surface area contributed by atoms with Crippen LogP contribution in [0.25, 0.3) is 0 Å². The van der Waals surface area contributed by atoms with Crippen LogP contribution in [0.4, 0.5) is 0 Å². The van der Waals surface area contributed by atoms with Gasteiger partial charge in [0.25, 0.3) is 0 Å². The van der Waals surface area contributed by atoms with E-state index in [2.05, 4.69) is 26.8 Å². The van der Waals surface area contributed by atoms with Crippen molar-refractivity contribution >= 4 is 5.78 Å². The average molecular weight is 222 g/mol. The Labute approximate surface area is 98.1 Å². The lowest BCUT2D eigenvalue weighted by molar-refractivity contribution is -0.114. The van der Waals surface area contributed by atoms with Crippen molar-refractivity contribution in [3.8, 4) is 0 Å². The van der Waals surface area contributed by atoms with E-state index in [-0.39, 0.29) is 16.8 Å². The van der Waals surface area contributed by atoms with Crippen molar-refractivity contribution in [1.82, 2.24) is 0 Å². The van der Waals surface area contributed by atoms with Crippen molar-refractivity contribution in [2.45, 2.75) is 58.7 Å². The third-order valence-electron chi connectivity index (χ3n) is 4.31. The Morgan fingerprint density at radius 3 is 2.75 bits per heavy atom. The quantitative estimate of drug-likeness (QED) is 0.542. The van der Waals surface area contributed by atoms with Gasteiger partial charge in [0.05, 0.1) is 11.7 Å². The summed E-state index contributed by atoms with van der Waals surface area (Å²) in [5.41, 5.74) is 0.235. The first-order chi connectivity index (χ1) is 7.40. The molecule has 2 nitrogen and oxygen atoms in total. The molecule has 0 spiro atoms. The van der Waals surface area contributed by atoms with E-state index in [0.29, 0.717) is 18.4 Å². The van der Waals surface area contributed by atoms with Gasteiger partial charge in [-0.3, -0.25) is 4.79 Å². The van der Waals surface area contributed by atoms with Crippen LogP contribution in [0.2, 0.25) is 0 Å². The van der Waals surface area contributed by atoms with Crippen molar-refractivity contribution in [3.63, 3.8) is 0 Å². The van der Waals surface area contributed by atoms with Crippen molar-refractivity contribution in [2.24, 2.45) is 11.3 Å². The second-order valence-electron chi connectivity index (χ2n) is 5.97. The number of ketones is 1. The van der Waals surface area contributed by atoms with Gasteiger partial charge in [-0.05, 0) is 31.3 Å². The fourth-order valence-electron chi connectivity index (χ4n) is 3.10. The minimum atomic E-state index is -0.00767. The summed E-state index contributed by atoms with van der Waals surface area (Å²) in [4.78, 5) is 11.4. The second kappa shape index (κ2) is 3.69. The lowest BCUT2D eigenvalue weighted by Gasteiger charge is -2.38. The third kappa shape index (κ3) is 1.84. The molecule has 3 atom stereocenters. The summed E-state index contributed by atoms with van der Waals surface area (Å²) in [5.74, 6) is 0.580. The second-order valence-corrected chi connectivity index (χ2v) is 5.97. The van der Waals surface area contributed by atoms with E-state index >= 15 is 0 Å². The number of carbonyl (C=O) groups is 1. The predicted molar refractivity (Wildman–Crippen MR) is 64.2 cm³/mol. The van der Waals surface area contributed by atoms with Crippen LogP contribution in [0.5, 0.6) is 0 Å². The maximum absolute atomic E-state index is 11.4. The zero-order chi connectivity index (χ0) is 12.0. The largest absolute Gasteiger partial charge is 0.366 e. The number of epoxide rings is 1. The molecule has 2 fully saturated rings. The first-order valence-electron chi connectivity index (χ1n) is 6.29. The van der Waals surface area contributed by atoms with Crippen molar-refractivity contribution in [1.29, 1.82) is 0 Å². The third-order valence-corrected chi connectivity index (χ3v) is 4.31. The van der Waals surface area contributed by atoms with Gasteiger partial charge in [0.1, 0.15) is 0 Å². The van der Waals surface area contributed by atoms with E-state index in [9.17, 15) is 4.79 Å². The van der Waals surface area contributed by atoms with E-state index in [1.165, 1.54) is 6.42 Å². The average Bonchev–Trinajstić information content (AvgIpc) is 2.87. The Hall–Kier alpha value is -0.630. The number of fused-ring (bicyclic) bond motifs is 1. The highest BCUT2D eigenvalue weighted by molar-refractivity contribution is 5.89. The zero-order valence-electron chi connectivity index (χ0n) is 10.7. The number of hydrogen-bond acceptors (Lipinski definition) is 2. The van der Waals surface area contributed by atoms with E-state index in [4.69, 9.17) is 4.74 Å². The summed E-state index contributed by atoms with van der Waals surface area (Å²) in [5, 5.41) is 0. The highest BCUT2D eigenvalue weighted by Crippen LogP contribution is 2.58. The van der Waals surface area contributed by atoms with Crippen LogP contribution in [-0.4, -0.2) is 17.5 Å². The van der Waals surface area contributed by atoms with Gasteiger partial charge in [0.2, 0.25) is 0 Å². The Kier molecular flexibility index (Phi) is 2.73. The molecule has 16 heavy (non-hydrogen) atoms. The van der Waals surface area contributed by atoms with Crippen molar-refractivity contribution in [3.05, 3.63) is 12.2 Å². The molecule has 0 bridgehead atoms. The lowest BCUT2D eigenvalue weighted by atomic mass is 9.64. The normalized spacial score (nSPS) is 40.8. The summed E-state index contributed by atoms with van der Waals surface area (Å²) < 4.78 is 5.82. The molecule has 1 aliphatic heterocycles.